The fourth-order valence-corrected chi connectivity index (χ4v) is 3.52. The van der Waals surface area contributed by atoms with Crippen molar-refractivity contribution in [1.29, 1.82) is 0 Å². The van der Waals surface area contributed by atoms with Crippen molar-refractivity contribution < 1.29 is 4.79 Å². The Labute approximate surface area is 141 Å². The summed E-state index contributed by atoms with van der Waals surface area (Å²) < 4.78 is 0. The number of hydrogen-bond donors (Lipinski definition) is 1. The average Bonchev–Trinajstić information content (AvgIpc) is 3.29. The highest BCUT2D eigenvalue weighted by Crippen LogP contribution is 2.27. The van der Waals surface area contributed by atoms with Gasteiger partial charge in [0.1, 0.15) is 10.7 Å². The first-order valence-corrected chi connectivity index (χ1v) is 8.96. The van der Waals surface area contributed by atoms with E-state index in [1.807, 2.05) is 23.6 Å². The van der Waals surface area contributed by atoms with Crippen molar-refractivity contribution in [3.05, 3.63) is 40.9 Å². The van der Waals surface area contributed by atoms with Crippen molar-refractivity contribution in [3.63, 3.8) is 0 Å². The highest BCUT2D eigenvalue weighted by atomic mass is 32.1. The van der Waals surface area contributed by atoms with E-state index in [4.69, 9.17) is 0 Å². The van der Waals surface area contributed by atoms with Gasteiger partial charge in [-0.25, -0.2) is 4.98 Å². The number of amides is 1. The molecule has 1 saturated carbocycles. The zero-order valence-electron chi connectivity index (χ0n) is 13.9. The molecule has 4 nitrogen and oxygen atoms in total. The molecule has 3 rings (SSSR count). The highest BCUT2D eigenvalue weighted by molar-refractivity contribution is 7.13. The van der Waals surface area contributed by atoms with Gasteiger partial charge in [0, 0.05) is 29.6 Å². The van der Waals surface area contributed by atoms with E-state index >= 15 is 0 Å². The molecule has 2 aromatic rings. The predicted molar refractivity (Wildman–Crippen MR) is 94.9 cm³/mol. The number of rotatable bonds is 6. The molecule has 1 aromatic carbocycles. The van der Waals surface area contributed by atoms with Crippen LogP contribution in [0.2, 0.25) is 0 Å². The van der Waals surface area contributed by atoms with Gasteiger partial charge in [-0.05, 0) is 39.3 Å². The van der Waals surface area contributed by atoms with Crippen molar-refractivity contribution in [2.45, 2.75) is 38.8 Å². The molecule has 1 heterocycles. The van der Waals surface area contributed by atoms with Crippen LogP contribution in [0.4, 0.5) is 0 Å². The summed E-state index contributed by atoms with van der Waals surface area (Å²) in [6, 6.07) is 9.17. The summed E-state index contributed by atoms with van der Waals surface area (Å²) in [6.45, 7) is 4.87. The van der Waals surface area contributed by atoms with Gasteiger partial charge >= 0.3 is 0 Å². The maximum atomic E-state index is 12.3. The van der Waals surface area contributed by atoms with E-state index < -0.39 is 0 Å². The molecule has 0 spiro atoms. The molecule has 122 valence electrons. The van der Waals surface area contributed by atoms with E-state index in [1.165, 1.54) is 29.7 Å². The Morgan fingerprint density at radius 2 is 2.17 bits per heavy atom. The van der Waals surface area contributed by atoms with Gasteiger partial charge in [-0.15, -0.1) is 11.3 Å². The Bertz CT molecular complexity index is 693. The van der Waals surface area contributed by atoms with Gasteiger partial charge in [0.15, 0.2) is 0 Å². The molecule has 0 bridgehead atoms. The zero-order chi connectivity index (χ0) is 16.4. The van der Waals surface area contributed by atoms with Gasteiger partial charge < -0.3 is 5.32 Å². The lowest BCUT2D eigenvalue weighted by atomic mass is 10.1. The Morgan fingerprint density at radius 3 is 2.87 bits per heavy atom. The largest absolute Gasteiger partial charge is 0.349 e. The van der Waals surface area contributed by atoms with E-state index in [0.717, 1.165) is 10.6 Å². The molecule has 1 atom stereocenters. The summed E-state index contributed by atoms with van der Waals surface area (Å²) >= 11 is 1.52. The van der Waals surface area contributed by atoms with Gasteiger partial charge in [-0.1, -0.05) is 24.3 Å². The molecule has 0 saturated heterocycles. The normalized spacial score (nSPS) is 15.7. The third kappa shape index (κ3) is 3.79. The second kappa shape index (κ2) is 6.81. The van der Waals surface area contributed by atoms with Crippen LogP contribution >= 0.6 is 11.3 Å². The Morgan fingerprint density at radius 1 is 1.43 bits per heavy atom. The zero-order valence-corrected chi connectivity index (χ0v) is 14.7. The number of thiazole rings is 1. The van der Waals surface area contributed by atoms with Gasteiger partial charge in [-0.3, -0.25) is 9.69 Å². The van der Waals surface area contributed by atoms with Crippen LogP contribution in [0.3, 0.4) is 0 Å². The summed E-state index contributed by atoms with van der Waals surface area (Å²) in [5, 5.41) is 5.74. The monoisotopic (exact) mass is 329 g/mol. The number of likely N-dealkylation sites (N-methyl/N-ethyl adjacent to an activating group) is 1. The minimum Gasteiger partial charge on any atom is -0.349 e. The van der Waals surface area contributed by atoms with Crippen LogP contribution in [0.25, 0.3) is 10.6 Å². The summed E-state index contributed by atoms with van der Waals surface area (Å²) in [7, 11) is 2.13. The van der Waals surface area contributed by atoms with Crippen LogP contribution in [0.15, 0.2) is 29.6 Å². The second-order valence-corrected chi connectivity index (χ2v) is 7.17. The molecule has 1 aliphatic rings. The molecule has 1 N–H and O–H groups in total. The first-order chi connectivity index (χ1) is 11.1. The van der Waals surface area contributed by atoms with E-state index in [0.29, 0.717) is 24.3 Å². The number of nitrogens with zero attached hydrogens (tertiary/aromatic N) is 2. The van der Waals surface area contributed by atoms with E-state index in [9.17, 15) is 4.79 Å². The third-order valence-electron chi connectivity index (χ3n) is 4.49. The standard InChI is InChI=1S/C18H23N3OS/c1-12-6-4-5-7-15(12)18-20-16(11-23-18)17(22)19-10-13(2)21(3)14-8-9-14/h4-7,11,13-14H,8-10H2,1-3H3,(H,19,22). The molecule has 5 heteroatoms. The lowest BCUT2D eigenvalue weighted by Crippen LogP contribution is -2.41. The molecular weight excluding hydrogens is 306 g/mol. The summed E-state index contributed by atoms with van der Waals surface area (Å²) in [5.74, 6) is -0.0860. The lowest BCUT2D eigenvalue weighted by Gasteiger charge is -2.24. The molecular formula is C18H23N3OS. The topological polar surface area (TPSA) is 45.2 Å². The van der Waals surface area contributed by atoms with Crippen LogP contribution in [0, 0.1) is 6.92 Å². The van der Waals surface area contributed by atoms with Crippen LogP contribution in [0.1, 0.15) is 35.8 Å². The summed E-state index contributed by atoms with van der Waals surface area (Å²) in [5.41, 5.74) is 2.78. The molecule has 1 amide bonds. The van der Waals surface area contributed by atoms with E-state index in [1.54, 1.807) is 0 Å². The maximum Gasteiger partial charge on any atom is 0.270 e. The molecule has 0 aliphatic heterocycles. The number of nitrogens with one attached hydrogen (secondary N) is 1. The fraction of sp³-hybridized carbons (Fsp3) is 0.444. The number of benzene rings is 1. The Kier molecular flexibility index (Phi) is 4.78. The van der Waals surface area contributed by atoms with Crippen LogP contribution in [-0.4, -0.2) is 41.5 Å². The highest BCUT2D eigenvalue weighted by Gasteiger charge is 2.29. The molecule has 23 heavy (non-hydrogen) atoms. The van der Waals surface area contributed by atoms with Gasteiger partial charge in [0.05, 0.1) is 0 Å². The number of aryl methyl sites for hydroxylation is 1. The van der Waals surface area contributed by atoms with Gasteiger partial charge in [-0.2, -0.15) is 0 Å². The van der Waals surface area contributed by atoms with Crippen LogP contribution in [0.5, 0.6) is 0 Å². The number of hydrogen-bond acceptors (Lipinski definition) is 4. The number of carbonyl (C=O) groups excluding carboxylic acids is 1. The first kappa shape index (κ1) is 16.1. The quantitative estimate of drug-likeness (QED) is 0.884. The van der Waals surface area contributed by atoms with Crippen molar-refractivity contribution in [2.24, 2.45) is 0 Å². The van der Waals surface area contributed by atoms with E-state index in [2.05, 4.69) is 42.2 Å². The van der Waals surface area contributed by atoms with Crippen molar-refractivity contribution in [2.75, 3.05) is 13.6 Å². The summed E-state index contributed by atoms with van der Waals surface area (Å²) in [6.07, 6.45) is 2.56. The number of aromatic nitrogens is 1. The fourth-order valence-electron chi connectivity index (χ4n) is 2.63. The van der Waals surface area contributed by atoms with Crippen molar-refractivity contribution >= 4 is 17.2 Å². The third-order valence-corrected chi connectivity index (χ3v) is 5.36. The molecule has 1 aliphatic carbocycles. The van der Waals surface area contributed by atoms with Crippen molar-refractivity contribution in [1.82, 2.24) is 15.2 Å². The predicted octanol–water partition coefficient (Wildman–Crippen LogP) is 3.33. The SMILES string of the molecule is Cc1ccccc1-c1nc(C(=O)NCC(C)N(C)C2CC2)cs1. The van der Waals surface area contributed by atoms with Crippen LogP contribution < -0.4 is 5.32 Å². The second-order valence-electron chi connectivity index (χ2n) is 6.31. The molecule has 1 fully saturated rings. The molecule has 0 radical (unpaired) electrons. The lowest BCUT2D eigenvalue weighted by molar-refractivity contribution is 0.0935. The molecule has 1 aromatic heterocycles. The Balaban J connectivity index is 1.61. The van der Waals surface area contributed by atoms with Gasteiger partial charge in [0.25, 0.3) is 5.91 Å². The molecule has 1 unspecified atom stereocenters. The van der Waals surface area contributed by atoms with E-state index in [-0.39, 0.29) is 5.91 Å². The maximum absolute atomic E-state index is 12.3. The smallest absolute Gasteiger partial charge is 0.270 e. The van der Waals surface area contributed by atoms with Gasteiger partial charge in [0.2, 0.25) is 0 Å². The Hall–Kier alpha value is -1.72. The first-order valence-electron chi connectivity index (χ1n) is 8.08. The average molecular weight is 329 g/mol. The minimum absolute atomic E-state index is 0.0860. The number of carbonyl (C=O) groups is 1. The van der Waals surface area contributed by atoms with Crippen molar-refractivity contribution in [3.8, 4) is 10.6 Å². The minimum atomic E-state index is -0.0860. The summed E-state index contributed by atoms with van der Waals surface area (Å²) in [4.78, 5) is 19.2. The van der Waals surface area contributed by atoms with Crippen LogP contribution in [-0.2, 0) is 0 Å².